The summed E-state index contributed by atoms with van der Waals surface area (Å²) in [7, 11) is 0. The molecule has 0 atom stereocenters. The van der Waals surface area contributed by atoms with Crippen molar-refractivity contribution in [1.29, 1.82) is 0 Å². The third-order valence-corrected chi connectivity index (χ3v) is 1.37. The summed E-state index contributed by atoms with van der Waals surface area (Å²) in [6.07, 6.45) is 0.330. The first-order chi connectivity index (χ1) is 6.63. The summed E-state index contributed by atoms with van der Waals surface area (Å²) in [5.41, 5.74) is -0.288. The van der Waals surface area contributed by atoms with Gasteiger partial charge in [-0.3, -0.25) is 14.9 Å². The lowest BCUT2D eigenvalue weighted by Gasteiger charge is -1.93. The molecule has 0 saturated carbocycles. The van der Waals surface area contributed by atoms with Crippen LogP contribution in [0.3, 0.4) is 0 Å². The Kier molecular flexibility index (Phi) is 2.92. The van der Waals surface area contributed by atoms with Gasteiger partial charge in [-0.2, -0.15) is 0 Å². The molecule has 0 bridgehead atoms. The molecule has 0 fully saturated rings. The normalized spacial score (nSPS) is 8.64. The molecular weight excluding hydrogens is 189 g/mol. The van der Waals surface area contributed by atoms with Crippen LogP contribution >= 0.6 is 0 Å². The Morgan fingerprint density at radius 3 is 2.71 bits per heavy atom. The predicted octanol–water partition coefficient (Wildman–Crippen LogP) is 1.28. The number of benzene rings is 1. The first-order valence-electron chi connectivity index (χ1n) is 3.53. The zero-order chi connectivity index (χ0) is 10.6. The summed E-state index contributed by atoms with van der Waals surface area (Å²) < 4.78 is 12.8. The molecule has 0 unspecified atom stereocenters. The summed E-state index contributed by atoms with van der Waals surface area (Å²) in [6.45, 7) is 0. The van der Waals surface area contributed by atoms with Crippen LogP contribution in [-0.2, 0) is 4.79 Å². The lowest BCUT2D eigenvalue weighted by atomic mass is 10.2. The van der Waals surface area contributed by atoms with Crippen LogP contribution < -0.4 is 0 Å². The van der Waals surface area contributed by atoms with E-state index in [4.69, 9.17) is 0 Å². The fraction of sp³-hybridized carbons (Fsp3) is 0. The van der Waals surface area contributed by atoms with E-state index < -0.39 is 10.7 Å². The van der Waals surface area contributed by atoms with E-state index in [2.05, 4.69) is 5.92 Å². The molecular formula is C9H4FNO3. The van der Waals surface area contributed by atoms with Gasteiger partial charge >= 0.3 is 0 Å². The summed E-state index contributed by atoms with van der Waals surface area (Å²) >= 11 is 0. The van der Waals surface area contributed by atoms with Crippen molar-refractivity contribution < 1.29 is 14.1 Å². The summed E-state index contributed by atoms with van der Waals surface area (Å²) in [5.74, 6) is 3.55. The van der Waals surface area contributed by atoms with Crippen molar-refractivity contribution in [2.24, 2.45) is 0 Å². The molecule has 0 aromatic heterocycles. The zero-order valence-electron chi connectivity index (χ0n) is 6.86. The Morgan fingerprint density at radius 2 is 2.14 bits per heavy atom. The van der Waals surface area contributed by atoms with Crippen LogP contribution in [0.5, 0.6) is 0 Å². The molecule has 0 spiro atoms. The lowest BCUT2D eigenvalue weighted by Crippen LogP contribution is -1.90. The van der Waals surface area contributed by atoms with E-state index in [1.807, 2.05) is 5.92 Å². The van der Waals surface area contributed by atoms with E-state index >= 15 is 0 Å². The Labute approximate surface area is 78.5 Å². The molecule has 14 heavy (non-hydrogen) atoms. The van der Waals surface area contributed by atoms with Gasteiger partial charge in [-0.15, -0.1) is 0 Å². The number of rotatable bonds is 1. The average Bonchev–Trinajstić information content (AvgIpc) is 2.14. The minimum atomic E-state index is -0.755. The zero-order valence-corrected chi connectivity index (χ0v) is 6.86. The molecule has 0 amide bonds. The van der Waals surface area contributed by atoms with Crippen LogP contribution in [-0.4, -0.2) is 11.2 Å². The molecule has 0 aliphatic heterocycles. The van der Waals surface area contributed by atoms with Crippen LogP contribution in [0.15, 0.2) is 18.2 Å². The quantitative estimate of drug-likeness (QED) is 0.292. The molecule has 0 saturated heterocycles. The molecule has 70 valence electrons. The SMILES string of the molecule is O=CC#Cc1cc(F)cc([N+](=O)[O-])c1. The molecule has 0 N–H and O–H groups in total. The number of non-ortho nitro benzene ring substituents is 1. The fourth-order valence-corrected chi connectivity index (χ4v) is 0.865. The van der Waals surface area contributed by atoms with Crippen molar-refractivity contribution in [1.82, 2.24) is 0 Å². The Bertz CT molecular complexity index is 445. The third kappa shape index (κ3) is 2.38. The first kappa shape index (κ1) is 9.86. The third-order valence-electron chi connectivity index (χ3n) is 1.37. The number of hydrogen-bond acceptors (Lipinski definition) is 3. The fourth-order valence-electron chi connectivity index (χ4n) is 0.865. The van der Waals surface area contributed by atoms with Gasteiger partial charge in [0, 0.05) is 11.6 Å². The van der Waals surface area contributed by atoms with Crippen molar-refractivity contribution >= 4 is 12.0 Å². The van der Waals surface area contributed by atoms with E-state index in [0.29, 0.717) is 6.29 Å². The number of carbonyl (C=O) groups excluding carboxylic acids is 1. The van der Waals surface area contributed by atoms with E-state index in [0.717, 1.165) is 18.2 Å². The molecule has 0 aliphatic carbocycles. The Hall–Kier alpha value is -2.22. The minimum Gasteiger partial charge on any atom is -0.289 e. The van der Waals surface area contributed by atoms with Crippen molar-refractivity contribution in [2.45, 2.75) is 0 Å². The topological polar surface area (TPSA) is 60.2 Å². The summed E-state index contributed by atoms with van der Waals surface area (Å²) in [5, 5.41) is 10.3. The van der Waals surface area contributed by atoms with Gasteiger partial charge in [0.2, 0.25) is 0 Å². The smallest absolute Gasteiger partial charge is 0.273 e. The van der Waals surface area contributed by atoms with Gasteiger partial charge in [0.1, 0.15) is 5.82 Å². The monoisotopic (exact) mass is 193 g/mol. The van der Waals surface area contributed by atoms with Gasteiger partial charge in [0.05, 0.1) is 11.0 Å². The van der Waals surface area contributed by atoms with Gasteiger partial charge < -0.3 is 0 Å². The van der Waals surface area contributed by atoms with Gasteiger partial charge in [-0.1, -0.05) is 5.92 Å². The number of nitro benzene ring substituents is 1. The maximum absolute atomic E-state index is 12.8. The molecule has 1 aromatic carbocycles. The number of nitro groups is 1. The average molecular weight is 193 g/mol. The van der Waals surface area contributed by atoms with Crippen molar-refractivity contribution in [2.75, 3.05) is 0 Å². The Morgan fingerprint density at radius 1 is 1.43 bits per heavy atom. The lowest BCUT2D eigenvalue weighted by molar-refractivity contribution is -0.385. The number of nitrogens with zero attached hydrogens (tertiary/aromatic N) is 1. The van der Waals surface area contributed by atoms with Gasteiger partial charge in [-0.25, -0.2) is 4.39 Å². The summed E-state index contributed by atoms with van der Waals surface area (Å²) in [4.78, 5) is 19.5. The first-order valence-corrected chi connectivity index (χ1v) is 3.53. The second kappa shape index (κ2) is 4.14. The number of hydrogen-bond donors (Lipinski definition) is 0. The molecule has 0 heterocycles. The molecule has 0 radical (unpaired) electrons. The molecule has 1 aromatic rings. The summed E-state index contributed by atoms with van der Waals surface area (Å²) in [6, 6.07) is 2.90. The maximum Gasteiger partial charge on any atom is 0.273 e. The maximum atomic E-state index is 12.8. The number of carbonyl (C=O) groups is 1. The highest BCUT2D eigenvalue weighted by Gasteiger charge is 2.08. The largest absolute Gasteiger partial charge is 0.289 e. The minimum absolute atomic E-state index is 0.101. The molecule has 4 nitrogen and oxygen atoms in total. The molecule has 0 aliphatic rings. The predicted molar refractivity (Wildman–Crippen MR) is 46.0 cm³/mol. The van der Waals surface area contributed by atoms with Crippen molar-refractivity contribution in [3.63, 3.8) is 0 Å². The van der Waals surface area contributed by atoms with Crippen LogP contribution in [0.4, 0.5) is 10.1 Å². The van der Waals surface area contributed by atoms with Crippen LogP contribution in [0, 0.1) is 27.8 Å². The molecule has 5 heteroatoms. The van der Waals surface area contributed by atoms with Crippen molar-refractivity contribution in [3.8, 4) is 11.8 Å². The van der Waals surface area contributed by atoms with E-state index in [-0.39, 0.29) is 11.3 Å². The van der Waals surface area contributed by atoms with E-state index in [9.17, 15) is 19.3 Å². The Balaban J connectivity index is 3.19. The molecule has 1 rings (SSSR count). The highest BCUT2D eigenvalue weighted by molar-refractivity contribution is 5.74. The second-order valence-electron chi connectivity index (χ2n) is 2.34. The van der Waals surface area contributed by atoms with Crippen LogP contribution in [0.25, 0.3) is 0 Å². The van der Waals surface area contributed by atoms with Gasteiger partial charge in [0.15, 0.2) is 6.29 Å². The highest BCUT2D eigenvalue weighted by atomic mass is 19.1. The highest BCUT2D eigenvalue weighted by Crippen LogP contribution is 2.15. The number of aldehydes is 1. The van der Waals surface area contributed by atoms with Gasteiger partial charge in [-0.05, 0) is 12.0 Å². The number of halogens is 1. The van der Waals surface area contributed by atoms with E-state index in [1.165, 1.54) is 0 Å². The second-order valence-corrected chi connectivity index (χ2v) is 2.34. The van der Waals surface area contributed by atoms with Crippen molar-refractivity contribution in [3.05, 3.63) is 39.7 Å². The van der Waals surface area contributed by atoms with Gasteiger partial charge in [0.25, 0.3) is 5.69 Å². The van der Waals surface area contributed by atoms with Crippen LogP contribution in [0.2, 0.25) is 0 Å². The van der Waals surface area contributed by atoms with Crippen LogP contribution in [0.1, 0.15) is 5.56 Å². The van der Waals surface area contributed by atoms with E-state index in [1.54, 1.807) is 0 Å². The standard InChI is InChI=1S/C9H4FNO3/c10-8-4-7(2-1-3-12)5-9(6-8)11(13)14/h3-6H.